The van der Waals surface area contributed by atoms with Crippen LogP contribution < -0.4 is 10.6 Å². The Balaban J connectivity index is 0.00000280. The van der Waals surface area contributed by atoms with Crippen LogP contribution in [-0.2, 0) is 18.3 Å². The molecule has 1 fully saturated rings. The largest absolute Gasteiger partial charge is 0.379 e. The van der Waals surface area contributed by atoms with E-state index in [4.69, 9.17) is 4.74 Å². The van der Waals surface area contributed by atoms with Gasteiger partial charge in [-0.2, -0.15) is 5.10 Å². The number of nitrogens with one attached hydrogen (secondary N) is 2. The fraction of sp³-hybridized carbons (Fsp3) is 0.500. The van der Waals surface area contributed by atoms with E-state index in [-0.39, 0.29) is 35.8 Å². The van der Waals surface area contributed by atoms with Gasteiger partial charge in [0.2, 0.25) is 0 Å². The molecule has 0 spiro atoms. The van der Waals surface area contributed by atoms with E-state index >= 15 is 0 Å². The standard InChI is InChI=1S/C18H26FN7O.HI/c1-20-18(22-12-17-23-13-24-25(17)2)21-11-16(26-6-8-27-9-7-26)14-4-3-5-15(19)10-14;/h3-5,10,13,16H,6-9,11-12H2,1-2H3,(H2,20,21,22);1H. The van der Waals surface area contributed by atoms with Gasteiger partial charge >= 0.3 is 0 Å². The summed E-state index contributed by atoms with van der Waals surface area (Å²) in [7, 11) is 3.57. The third kappa shape index (κ3) is 6.11. The second-order valence-corrected chi connectivity index (χ2v) is 6.33. The maximum Gasteiger partial charge on any atom is 0.191 e. The van der Waals surface area contributed by atoms with Gasteiger partial charge in [-0.3, -0.25) is 14.6 Å². The molecule has 0 radical (unpaired) electrons. The average Bonchev–Trinajstić information content (AvgIpc) is 3.10. The van der Waals surface area contributed by atoms with Gasteiger partial charge in [0.15, 0.2) is 5.96 Å². The lowest BCUT2D eigenvalue weighted by Crippen LogP contribution is -2.46. The Labute approximate surface area is 181 Å². The van der Waals surface area contributed by atoms with Crippen LogP contribution in [0.1, 0.15) is 17.4 Å². The van der Waals surface area contributed by atoms with Crippen LogP contribution in [0.2, 0.25) is 0 Å². The number of aryl methyl sites for hydroxylation is 1. The molecule has 0 amide bonds. The number of benzene rings is 1. The van der Waals surface area contributed by atoms with E-state index in [1.165, 1.54) is 12.4 Å². The zero-order chi connectivity index (χ0) is 19.1. The number of guanidine groups is 1. The third-order valence-corrected chi connectivity index (χ3v) is 4.63. The number of morpholine rings is 1. The number of aliphatic imine (C=N–C) groups is 1. The minimum Gasteiger partial charge on any atom is -0.379 e. The van der Waals surface area contributed by atoms with Gasteiger partial charge in [0, 0.05) is 33.7 Å². The first-order valence-corrected chi connectivity index (χ1v) is 9.02. The second kappa shape index (κ2) is 11.3. The zero-order valence-electron chi connectivity index (χ0n) is 16.1. The van der Waals surface area contributed by atoms with Crippen LogP contribution in [0.15, 0.2) is 35.6 Å². The summed E-state index contributed by atoms with van der Waals surface area (Å²) in [5.41, 5.74) is 0.938. The van der Waals surface area contributed by atoms with E-state index in [0.29, 0.717) is 32.3 Å². The van der Waals surface area contributed by atoms with Crippen molar-refractivity contribution in [3.05, 3.63) is 47.8 Å². The molecule has 154 valence electrons. The van der Waals surface area contributed by atoms with Crippen molar-refractivity contribution in [3.8, 4) is 0 Å². The van der Waals surface area contributed by atoms with Gasteiger partial charge in [-0.05, 0) is 17.7 Å². The Hall–Kier alpha value is -1.79. The predicted octanol–water partition coefficient (Wildman–Crippen LogP) is 1.31. The second-order valence-electron chi connectivity index (χ2n) is 6.33. The number of rotatable bonds is 6. The average molecular weight is 503 g/mol. The molecule has 2 aromatic rings. The van der Waals surface area contributed by atoms with Crippen molar-refractivity contribution >= 4 is 29.9 Å². The molecule has 0 aliphatic carbocycles. The van der Waals surface area contributed by atoms with E-state index < -0.39 is 0 Å². The lowest BCUT2D eigenvalue weighted by atomic mass is 10.0. The van der Waals surface area contributed by atoms with Crippen molar-refractivity contribution < 1.29 is 9.13 Å². The summed E-state index contributed by atoms with van der Waals surface area (Å²) in [6.07, 6.45) is 1.52. The minimum atomic E-state index is -0.226. The van der Waals surface area contributed by atoms with Gasteiger partial charge in [-0.1, -0.05) is 12.1 Å². The van der Waals surface area contributed by atoms with Crippen LogP contribution in [0.3, 0.4) is 0 Å². The monoisotopic (exact) mass is 503 g/mol. The topological polar surface area (TPSA) is 79.6 Å². The molecule has 28 heavy (non-hydrogen) atoms. The summed E-state index contributed by atoms with van der Waals surface area (Å²) in [4.78, 5) is 10.8. The van der Waals surface area contributed by atoms with Gasteiger partial charge < -0.3 is 15.4 Å². The smallest absolute Gasteiger partial charge is 0.191 e. The molecule has 1 unspecified atom stereocenters. The van der Waals surface area contributed by atoms with Crippen LogP contribution in [0, 0.1) is 5.82 Å². The summed E-state index contributed by atoms with van der Waals surface area (Å²) in [6, 6.07) is 6.80. The highest BCUT2D eigenvalue weighted by molar-refractivity contribution is 14.0. The molecule has 1 aromatic carbocycles. The molecule has 3 rings (SSSR count). The summed E-state index contributed by atoms with van der Waals surface area (Å²) in [5, 5.41) is 10.6. The lowest BCUT2D eigenvalue weighted by molar-refractivity contribution is 0.0169. The van der Waals surface area contributed by atoms with Crippen molar-refractivity contribution in [2.24, 2.45) is 12.0 Å². The van der Waals surface area contributed by atoms with Gasteiger partial charge in [-0.15, -0.1) is 24.0 Å². The predicted molar refractivity (Wildman–Crippen MR) is 116 cm³/mol. The van der Waals surface area contributed by atoms with Crippen molar-refractivity contribution in [2.75, 3.05) is 39.9 Å². The van der Waals surface area contributed by atoms with Gasteiger partial charge in [0.05, 0.1) is 25.8 Å². The lowest BCUT2D eigenvalue weighted by Gasteiger charge is -2.35. The van der Waals surface area contributed by atoms with Crippen molar-refractivity contribution in [2.45, 2.75) is 12.6 Å². The Morgan fingerprint density at radius 1 is 1.32 bits per heavy atom. The minimum absolute atomic E-state index is 0. The molecular weight excluding hydrogens is 476 g/mol. The van der Waals surface area contributed by atoms with Crippen LogP contribution in [0.4, 0.5) is 4.39 Å². The molecule has 0 bridgehead atoms. The molecule has 1 saturated heterocycles. The van der Waals surface area contributed by atoms with E-state index in [1.807, 2.05) is 13.1 Å². The molecule has 2 heterocycles. The zero-order valence-corrected chi connectivity index (χ0v) is 18.5. The number of nitrogens with zero attached hydrogens (tertiary/aromatic N) is 5. The third-order valence-electron chi connectivity index (χ3n) is 4.63. The summed E-state index contributed by atoms with van der Waals surface area (Å²) in [6.45, 7) is 4.11. The SMILES string of the molecule is CN=C(NCc1ncnn1C)NCC(c1cccc(F)c1)N1CCOCC1.I. The maximum absolute atomic E-state index is 13.8. The Kier molecular flexibility index (Phi) is 9.06. The first-order chi connectivity index (χ1) is 13.2. The molecule has 1 aromatic heterocycles. The molecule has 1 atom stereocenters. The van der Waals surface area contributed by atoms with Crippen molar-refractivity contribution in [3.63, 3.8) is 0 Å². The fourth-order valence-corrected chi connectivity index (χ4v) is 3.12. The number of aromatic nitrogens is 3. The van der Waals surface area contributed by atoms with E-state index in [9.17, 15) is 4.39 Å². The summed E-state index contributed by atoms with van der Waals surface area (Å²) in [5.74, 6) is 1.25. The highest BCUT2D eigenvalue weighted by atomic mass is 127. The number of hydrogen-bond acceptors (Lipinski definition) is 5. The first-order valence-electron chi connectivity index (χ1n) is 9.02. The van der Waals surface area contributed by atoms with Crippen LogP contribution in [-0.4, -0.2) is 65.5 Å². The van der Waals surface area contributed by atoms with Crippen LogP contribution in [0.5, 0.6) is 0 Å². The van der Waals surface area contributed by atoms with E-state index in [1.54, 1.807) is 23.9 Å². The van der Waals surface area contributed by atoms with Crippen LogP contribution >= 0.6 is 24.0 Å². The van der Waals surface area contributed by atoms with Crippen molar-refractivity contribution in [1.82, 2.24) is 30.3 Å². The molecule has 1 aliphatic rings. The Bertz CT molecular complexity index is 764. The fourth-order valence-electron chi connectivity index (χ4n) is 3.12. The number of hydrogen-bond donors (Lipinski definition) is 2. The normalized spacial score (nSPS) is 16.3. The highest BCUT2D eigenvalue weighted by Crippen LogP contribution is 2.22. The molecule has 1 aliphatic heterocycles. The Morgan fingerprint density at radius 2 is 2.11 bits per heavy atom. The number of halogens is 2. The highest BCUT2D eigenvalue weighted by Gasteiger charge is 2.23. The van der Waals surface area contributed by atoms with Gasteiger partial charge in [0.25, 0.3) is 0 Å². The summed E-state index contributed by atoms with van der Waals surface area (Å²) < 4.78 is 20.9. The quantitative estimate of drug-likeness (QED) is 0.352. The van der Waals surface area contributed by atoms with E-state index in [2.05, 4.69) is 30.6 Å². The van der Waals surface area contributed by atoms with Gasteiger partial charge in [0.1, 0.15) is 18.0 Å². The first kappa shape index (κ1) is 22.5. The molecule has 0 saturated carbocycles. The molecular formula is C18H27FIN7O. The van der Waals surface area contributed by atoms with Crippen LogP contribution in [0.25, 0.3) is 0 Å². The molecule has 10 heteroatoms. The Morgan fingerprint density at radius 3 is 2.75 bits per heavy atom. The maximum atomic E-state index is 13.8. The number of ether oxygens (including phenoxy) is 1. The summed E-state index contributed by atoms with van der Waals surface area (Å²) >= 11 is 0. The van der Waals surface area contributed by atoms with Crippen molar-refractivity contribution in [1.29, 1.82) is 0 Å². The molecule has 8 nitrogen and oxygen atoms in total. The van der Waals surface area contributed by atoms with Gasteiger partial charge in [-0.25, -0.2) is 9.37 Å². The molecule has 2 N–H and O–H groups in total. The van der Waals surface area contributed by atoms with E-state index in [0.717, 1.165) is 24.5 Å².